The van der Waals surface area contributed by atoms with Crippen LogP contribution >= 0.6 is 11.3 Å². The second-order valence-electron chi connectivity index (χ2n) is 3.53. The number of hydrogen-bond donors (Lipinski definition) is 1. The maximum absolute atomic E-state index is 5.02. The molecule has 0 aliphatic carbocycles. The number of nitrogens with one attached hydrogen (secondary N) is 1. The van der Waals surface area contributed by atoms with Gasteiger partial charge < -0.3 is 10.1 Å². The topological polar surface area (TPSA) is 34.2 Å². The van der Waals surface area contributed by atoms with E-state index in [1.165, 1.54) is 9.88 Å². The summed E-state index contributed by atoms with van der Waals surface area (Å²) in [7, 11) is 1.74. The Morgan fingerprint density at radius 3 is 3.07 bits per heavy atom. The zero-order valence-electron chi connectivity index (χ0n) is 9.75. The van der Waals surface area contributed by atoms with Crippen LogP contribution < -0.4 is 5.32 Å². The van der Waals surface area contributed by atoms with Crippen molar-refractivity contribution in [2.24, 2.45) is 0 Å². The van der Waals surface area contributed by atoms with Crippen molar-refractivity contribution >= 4 is 11.3 Å². The molecule has 0 saturated heterocycles. The zero-order chi connectivity index (χ0) is 11.1. The average molecular weight is 228 g/mol. The van der Waals surface area contributed by atoms with Gasteiger partial charge in [0, 0.05) is 37.3 Å². The lowest BCUT2D eigenvalue weighted by molar-refractivity contribution is 0.195. The molecule has 4 heteroatoms. The fourth-order valence-corrected chi connectivity index (χ4v) is 2.40. The van der Waals surface area contributed by atoms with E-state index in [1.807, 2.05) is 6.20 Å². The quantitative estimate of drug-likeness (QED) is 0.728. The van der Waals surface area contributed by atoms with Gasteiger partial charge in [-0.3, -0.25) is 0 Å². The number of rotatable bonds is 7. The predicted octanol–water partition coefficient (Wildman–Crippen LogP) is 2.39. The molecule has 15 heavy (non-hydrogen) atoms. The Bertz CT molecular complexity index is 275. The van der Waals surface area contributed by atoms with Crippen molar-refractivity contribution in [1.82, 2.24) is 10.3 Å². The standard InChI is InChI=1S/C11H20N2OS/c1-4-12-9(2)10-8-13-11(15-10)6-5-7-14-3/h8-9,12H,4-7H2,1-3H3. The molecule has 0 spiro atoms. The number of ether oxygens (including phenoxy) is 1. The molecule has 1 aromatic rings. The molecule has 0 saturated carbocycles. The van der Waals surface area contributed by atoms with E-state index < -0.39 is 0 Å². The van der Waals surface area contributed by atoms with Gasteiger partial charge in [-0.25, -0.2) is 4.98 Å². The van der Waals surface area contributed by atoms with E-state index in [-0.39, 0.29) is 0 Å². The molecule has 0 aliphatic heterocycles. The predicted molar refractivity (Wildman–Crippen MR) is 64.4 cm³/mol. The molecule has 1 unspecified atom stereocenters. The first-order chi connectivity index (χ1) is 7.27. The summed E-state index contributed by atoms with van der Waals surface area (Å²) in [5, 5.41) is 4.60. The van der Waals surface area contributed by atoms with Crippen LogP contribution in [0.3, 0.4) is 0 Å². The van der Waals surface area contributed by atoms with Crippen molar-refractivity contribution in [3.63, 3.8) is 0 Å². The van der Waals surface area contributed by atoms with Crippen LogP contribution in [0.5, 0.6) is 0 Å². The van der Waals surface area contributed by atoms with Crippen LogP contribution in [0.1, 0.15) is 36.2 Å². The summed E-state index contributed by atoms with van der Waals surface area (Å²) in [6.07, 6.45) is 4.07. The Hall–Kier alpha value is -0.450. The molecule has 1 atom stereocenters. The maximum atomic E-state index is 5.02. The van der Waals surface area contributed by atoms with Crippen molar-refractivity contribution in [3.8, 4) is 0 Å². The van der Waals surface area contributed by atoms with Crippen molar-refractivity contribution in [1.29, 1.82) is 0 Å². The highest BCUT2D eigenvalue weighted by Crippen LogP contribution is 2.21. The summed E-state index contributed by atoms with van der Waals surface area (Å²) >= 11 is 1.80. The number of aromatic nitrogens is 1. The minimum absolute atomic E-state index is 0.420. The second-order valence-corrected chi connectivity index (χ2v) is 4.68. The maximum Gasteiger partial charge on any atom is 0.0929 e. The third-order valence-electron chi connectivity index (χ3n) is 2.25. The molecule has 0 amide bonds. The zero-order valence-corrected chi connectivity index (χ0v) is 10.6. The lowest BCUT2D eigenvalue weighted by Gasteiger charge is -2.08. The van der Waals surface area contributed by atoms with Gasteiger partial charge in [-0.1, -0.05) is 6.92 Å². The molecule has 86 valence electrons. The highest BCUT2D eigenvalue weighted by atomic mass is 32.1. The fourth-order valence-electron chi connectivity index (χ4n) is 1.41. The molecule has 0 fully saturated rings. The number of aryl methyl sites for hydroxylation is 1. The van der Waals surface area contributed by atoms with Crippen LogP contribution in [0.2, 0.25) is 0 Å². The van der Waals surface area contributed by atoms with Crippen LogP contribution in [0.15, 0.2) is 6.20 Å². The summed E-state index contributed by atoms with van der Waals surface area (Å²) in [5.74, 6) is 0. The molecule has 1 heterocycles. The van der Waals surface area contributed by atoms with Crippen LogP contribution in [0, 0.1) is 0 Å². The van der Waals surface area contributed by atoms with Crippen molar-refractivity contribution in [2.75, 3.05) is 20.3 Å². The number of hydrogen-bond acceptors (Lipinski definition) is 4. The molecule has 1 rings (SSSR count). The van der Waals surface area contributed by atoms with Crippen LogP contribution in [0.25, 0.3) is 0 Å². The highest BCUT2D eigenvalue weighted by Gasteiger charge is 2.08. The number of methoxy groups -OCH3 is 1. The SMILES string of the molecule is CCNC(C)c1cnc(CCCOC)s1. The van der Waals surface area contributed by atoms with E-state index in [0.29, 0.717) is 6.04 Å². The molecular formula is C11H20N2OS. The monoisotopic (exact) mass is 228 g/mol. The van der Waals surface area contributed by atoms with Crippen molar-refractivity contribution in [3.05, 3.63) is 16.1 Å². The van der Waals surface area contributed by atoms with E-state index in [0.717, 1.165) is 26.0 Å². The summed E-state index contributed by atoms with van der Waals surface area (Å²) in [4.78, 5) is 5.74. The smallest absolute Gasteiger partial charge is 0.0929 e. The van der Waals surface area contributed by atoms with Crippen LogP contribution in [-0.2, 0) is 11.2 Å². The largest absolute Gasteiger partial charge is 0.385 e. The summed E-state index contributed by atoms with van der Waals surface area (Å²) in [5.41, 5.74) is 0. The van der Waals surface area contributed by atoms with Gasteiger partial charge in [-0.2, -0.15) is 0 Å². The normalized spacial score (nSPS) is 13.0. The highest BCUT2D eigenvalue weighted by molar-refractivity contribution is 7.11. The first-order valence-corrected chi connectivity index (χ1v) is 6.26. The molecule has 1 N–H and O–H groups in total. The van der Waals surface area contributed by atoms with Crippen LogP contribution in [-0.4, -0.2) is 25.2 Å². The second kappa shape index (κ2) is 6.93. The third-order valence-corrected chi connectivity index (χ3v) is 3.49. The van der Waals surface area contributed by atoms with E-state index in [4.69, 9.17) is 4.74 Å². The lowest BCUT2D eigenvalue weighted by atomic mass is 10.3. The minimum atomic E-state index is 0.420. The molecule has 3 nitrogen and oxygen atoms in total. The van der Waals surface area contributed by atoms with Gasteiger partial charge in [0.05, 0.1) is 5.01 Å². The lowest BCUT2D eigenvalue weighted by Crippen LogP contribution is -2.16. The summed E-state index contributed by atoms with van der Waals surface area (Å²) in [6, 6.07) is 0.420. The Balaban J connectivity index is 2.41. The molecule has 0 radical (unpaired) electrons. The van der Waals surface area contributed by atoms with E-state index in [1.54, 1.807) is 18.4 Å². The Labute approximate surface area is 95.9 Å². The molecular weight excluding hydrogens is 208 g/mol. The fraction of sp³-hybridized carbons (Fsp3) is 0.727. The number of nitrogens with zero attached hydrogens (tertiary/aromatic N) is 1. The summed E-state index contributed by atoms with van der Waals surface area (Å²) in [6.45, 7) is 6.11. The Morgan fingerprint density at radius 2 is 2.40 bits per heavy atom. The summed E-state index contributed by atoms with van der Waals surface area (Å²) < 4.78 is 5.02. The Morgan fingerprint density at radius 1 is 1.60 bits per heavy atom. The first kappa shape index (κ1) is 12.6. The van der Waals surface area contributed by atoms with Gasteiger partial charge in [-0.15, -0.1) is 11.3 Å². The van der Waals surface area contributed by atoms with Gasteiger partial charge in [0.25, 0.3) is 0 Å². The van der Waals surface area contributed by atoms with E-state index in [9.17, 15) is 0 Å². The molecule has 0 bridgehead atoms. The Kier molecular flexibility index (Phi) is 5.83. The van der Waals surface area contributed by atoms with Crippen molar-refractivity contribution < 1.29 is 4.74 Å². The number of thiazole rings is 1. The molecule has 0 aliphatic rings. The third kappa shape index (κ3) is 4.28. The van der Waals surface area contributed by atoms with Gasteiger partial charge in [-0.05, 0) is 19.9 Å². The first-order valence-electron chi connectivity index (χ1n) is 5.44. The van der Waals surface area contributed by atoms with Crippen molar-refractivity contribution in [2.45, 2.75) is 32.7 Å². The van der Waals surface area contributed by atoms with E-state index >= 15 is 0 Å². The average Bonchev–Trinajstić information content (AvgIpc) is 2.67. The molecule has 0 aromatic carbocycles. The van der Waals surface area contributed by atoms with Gasteiger partial charge in [0.2, 0.25) is 0 Å². The van der Waals surface area contributed by atoms with Gasteiger partial charge in [0.1, 0.15) is 0 Å². The van der Waals surface area contributed by atoms with Gasteiger partial charge in [0.15, 0.2) is 0 Å². The molecule has 1 aromatic heterocycles. The van der Waals surface area contributed by atoms with E-state index in [2.05, 4.69) is 24.1 Å². The van der Waals surface area contributed by atoms with Crippen LogP contribution in [0.4, 0.5) is 0 Å². The minimum Gasteiger partial charge on any atom is -0.385 e. The van der Waals surface area contributed by atoms with Gasteiger partial charge >= 0.3 is 0 Å².